The quantitative estimate of drug-likeness (QED) is 0.862. The van der Waals surface area contributed by atoms with Gasteiger partial charge in [0, 0.05) is 12.5 Å². The van der Waals surface area contributed by atoms with E-state index in [1.165, 1.54) is 0 Å². The standard InChI is InChI=1S/C12H14Cl2FN/c13-10-3-1-2-8(11(10)14)6-12(15)5-4-9(16)7-12/h1-3,9H,4-7,16H2. The first-order chi connectivity index (χ1) is 7.50. The first-order valence-electron chi connectivity index (χ1n) is 5.38. The van der Waals surface area contributed by atoms with Gasteiger partial charge >= 0.3 is 0 Å². The third-order valence-electron chi connectivity index (χ3n) is 3.13. The molecule has 2 N–H and O–H groups in total. The minimum atomic E-state index is -1.21. The molecule has 88 valence electrons. The Labute approximate surface area is 105 Å². The number of alkyl halides is 1. The molecule has 1 aromatic rings. The Kier molecular flexibility index (Phi) is 3.43. The Hall–Kier alpha value is -0.310. The summed E-state index contributed by atoms with van der Waals surface area (Å²) in [6, 6.07) is 5.29. The van der Waals surface area contributed by atoms with E-state index in [1.54, 1.807) is 12.1 Å². The van der Waals surface area contributed by atoms with Crippen molar-refractivity contribution in [1.82, 2.24) is 0 Å². The smallest absolute Gasteiger partial charge is 0.116 e. The molecule has 0 bridgehead atoms. The van der Waals surface area contributed by atoms with Crippen LogP contribution in [-0.2, 0) is 6.42 Å². The zero-order chi connectivity index (χ0) is 11.8. The van der Waals surface area contributed by atoms with Crippen molar-refractivity contribution in [3.05, 3.63) is 33.8 Å². The fourth-order valence-corrected chi connectivity index (χ4v) is 2.69. The highest BCUT2D eigenvalue weighted by Gasteiger charge is 2.38. The molecule has 2 rings (SSSR count). The van der Waals surface area contributed by atoms with Crippen molar-refractivity contribution in [3.8, 4) is 0 Å². The highest BCUT2D eigenvalue weighted by Crippen LogP contribution is 2.38. The molecule has 0 heterocycles. The maximum atomic E-state index is 14.4. The van der Waals surface area contributed by atoms with Crippen molar-refractivity contribution in [2.24, 2.45) is 5.73 Å². The number of hydrogen-bond acceptors (Lipinski definition) is 1. The number of benzene rings is 1. The molecule has 1 nitrogen and oxygen atoms in total. The summed E-state index contributed by atoms with van der Waals surface area (Å²) in [5, 5.41) is 0.937. The molecule has 0 amide bonds. The van der Waals surface area contributed by atoms with Crippen LogP contribution in [0.3, 0.4) is 0 Å². The molecule has 16 heavy (non-hydrogen) atoms. The lowest BCUT2D eigenvalue weighted by Gasteiger charge is -2.20. The number of nitrogens with two attached hydrogens (primary N) is 1. The Balaban J connectivity index is 2.18. The van der Waals surface area contributed by atoms with Gasteiger partial charge in [-0.25, -0.2) is 4.39 Å². The molecular formula is C12H14Cl2FN. The Bertz CT molecular complexity index is 397. The van der Waals surface area contributed by atoms with Crippen LogP contribution < -0.4 is 5.73 Å². The van der Waals surface area contributed by atoms with Gasteiger partial charge < -0.3 is 5.73 Å². The fourth-order valence-electron chi connectivity index (χ4n) is 2.30. The predicted octanol–water partition coefficient (Wildman–Crippen LogP) is 3.76. The normalized spacial score (nSPS) is 29.6. The molecule has 1 saturated carbocycles. The van der Waals surface area contributed by atoms with Gasteiger partial charge in [-0.2, -0.15) is 0 Å². The van der Waals surface area contributed by atoms with Gasteiger partial charge in [-0.3, -0.25) is 0 Å². The maximum absolute atomic E-state index is 14.4. The van der Waals surface area contributed by atoms with Crippen LogP contribution in [0.5, 0.6) is 0 Å². The van der Waals surface area contributed by atoms with E-state index in [9.17, 15) is 4.39 Å². The fraction of sp³-hybridized carbons (Fsp3) is 0.500. The monoisotopic (exact) mass is 261 g/mol. The average Bonchev–Trinajstić information content (AvgIpc) is 2.54. The first-order valence-corrected chi connectivity index (χ1v) is 6.13. The van der Waals surface area contributed by atoms with Crippen LogP contribution in [0, 0.1) is 0 Å². The van der Waals surface area contributed by atoms with Gasteiger partial charge in [0.15, 0.2) is 0 Å². The van der Waals surface area contributed by atoms with Gasteiger partial charge in [-0.15, -0.1) is 0 Å². The van der Waals surface area contributed by atoms with E-state index in [1.807, 2.05) is 6.07 Å². The summed E-state index contributed by atoms with van der Waals surface area (Å²) in [5.41, 5.74) is 5.29. The van der Waals surface area contributed by atoms with Gasteiger partial charge in [0.2, 0.25) is 0 Å². The lowest BCUT2D eigenvalue weighted by Crippen LogP contribution is -2.25. The van der Waals surface area contributed by atoms with Crippen LogP contribution in [0.15, 0.2) is 18.2 Å². The lowest BCUT2D eigenvalue weighted by atomic mass is 9.94. The molecule has 0 saturated heterocycles. The van der Waals surface area contributed by atoms with Gasteiger partial charge in [-0.1, -0.05) is 35.3 Å². The van der Waals surface area contributed by atoms with Crippen LogP contribution in [0.2, 0.25) is 10.0 Å². The van der Waals surface area contributed by atoms with E-state index < -0.39 is 5.67 Å². The molecular weight excluding hydrogens is 248 g/mol. The molecule has 0 radical (unpaired) electrons. The van der Waals surface area contributed by atoms with Gasteiger partial charge in [-0.05, 0) is 30.9 Å². The van der Waals surface area contributed by atoms with E-state index in [0.29, 0.717) is 29.3 Å². The largest absolute Gasteiger partial charge is 0.328 e. The number of rotatable bonds is 2. The first kappa shape index (κ1) is 12.2. The summed E-state index contributed by atoms with van der Waals surface area (Å²) in [7, 11) is 0. The second-order valence-corrected chi connectivity index (χ2v) is 5.33. The second kappa shape index (κ2) is 4.52. The van der Waals surface area contributed by atoms with Crippen molar-refractivity contribution in [2.75, 3.05) is 0 Å². The summed E-state index contributed by atoms with van der Waals surface area (Å²) < 4.78 is 14.4. The number of halogens is 3. The van der Waals surface area contributed by atoms with Crippen molar-refractivity contribution < 1.29 is 4.39 Å². The van der Waals surface area contributed by atoms with Gasteiger partial charge in [0.1, 0.15) is 5.67 Å². The SMILES string of the molecule is NC1CCC(F)(Cc2cccc(Cl)c2Cl)C1. The molecule has 4 heteroatoms. The predicted molar refractivity (Wildman–Crippen MR) is 65.8 cm³/mol. The van der Waals surface area contributed by atoms with E-state index in [4.69, 9.17) is 28.9 Å². The van der Waals surface area contributed by atoms with E-state index in [2.05, 4.69) is 0 Å². The average molecular weight is 262 g/mol. The number of hydrogen-bond donors (Lipinski definition) is 1. The molecule has 1 aliphatic rings. The maximum Gasteiger partial charge on any atom is 0.116 e. The van der Waals surface area contributed by atoms with Crippen LogP contribution in [0.1, 0.15) is 24.8 Å². The van der Waals surface area contributed by atoms with E-state index >= 15 is 0 Å². The molecule has 0 aliphatic heterocycles. The summed E-state index contributed by atoms with van der Waals surface area (Å²) in [4.78, 5) is 0. The molecule has 1 aliphatic carbocycles. The zero-order valence-electron chi connectivity index (χ0n) is 8.85. The van der Waals surface area contributed by atoms with Crippen LogP contribution in [-0.4, -0.2) is 11.7 Å². The van der Waals surface area contributed by atoms with Crippen LogP contribution >= 0.6 is 23.2 Å². The topological polar surface area (TPSA) is 26.0 Å². The Morgan fingerprint density at radius 3 is 2.81 bits per heavy atom. The van der Waals surface area contributed by atoms with Crippen molar-refractivity contribution in [2.45, 2.75) is 37.4 Å². The van der Waals surface area contributed by atoms with Crippen molar-refractivity contribution >= 4 is 23.2 Å². The van der Waals surface area contributed by atoms with Crippen molar-refractivity contribution in [1.29, 1.82) is 0 Å². The van der Waals surface area contributed by atoms with Crippen molar-refractivity contribution in [3.63, 3.8) is 0 Å². The zero-order valence-corrected chi connectivity index (χ0v) is 10.4. The third kappa shape index (κ3) is 2.50. The van der Waals surface area contributed by atoms with Gasteiger partial charge in [0.05, 0.1) is 10.0 Å². The summed E-state index contributed by atoms with van der Waals surface area (Å²) in [6.07, 6.45) is 1.97. The minimum absolute atomic E-state index is 0.0250. The van der Waals surface area contributed by atoms with E-state index in [0.717, 1.165) is 12.0 Å². The molecule has 1 aromatic carbocycles. The highest BCUT2D eigenvalue weighted by molar-refractivity contribution is 6.42. The van der Waals surface area contributed by atoms with E-state index in [-0.39, 0.29) is 6.04 Å². The van der Waals surface area contributed by atoms with Gasteiger partial charge in [0.25, 0.3) is 0 Å². The molecule has 1 fully saturated rings. The lowest BCUT2D eigenvalue weighted by molar-refractivity contribution is 0.170. The Morgan fingerprint density at radius 2 is 2.19 bits per heavy atom. The molecule has 2 atom stereocenters. The third-order valence-corrected chi connectivity index (χ3v) is 3.99. The molecule has 2 unspecified atom stereocenters. The van der Waals surface area contributed by atoms with Crippen LogP contribution in [0.25, 0.3) is 0 Å². The highest BCUT2D eigenvalue weighted by atomic mass is 35.5. The molecule has 0 spiro atoms. The summed E-state index contributed by atoms with van der Waals surface area (Å²) >= 11 is 11.9. The second-order valence-electron chi connectivity index (χ2n) is 4.54. The van der Waals surface area contributed by atoms with Crippen LogP contribution in [0.4, 0.5) is 4.39 Å². The molecule has 0 aromatic heterocycles. The minimum Gasteiger partial charge on any atom is -0.328 e. The summed E-state index contributed by atoms with van der Waals surface area (Å²) in [6.45, 7) is 0. The Morgan fingerprint density at radius 1 is 1.44 bits per heavy atom. The summed E-state index contributed by atoms with van der Waals surface area (Å²) in [5.74, 6) is 0.